The average molecular weight is 365 g/mol. The van der Waals surface area contributed by atoms with E-state index in [1.165, 1.54) is 0 Å². The van der Waals surface area contributed by atoms with Crippen LogP contribution in [0.15, 0.2) is 54.7 Å². The maximum Gasteiger partial charge on any atom is 0.240 e. The van der Waals surface area contributed by atoms with Crippen LogP contribution in [-0.2, 0) is 15.0 Å². The zero-order valence-electron chi connectivity index (χ0n) is 13.5. The van der Waals surface area contributed by atoms with Crippen LogP contribution in [0.25, 0.3) is 5.69 Å². The van der Waals surface area contributed by atoms with Crippen molar-refractivity contribution in [3.63, 3.8) is 0 Å². The van der Waals surface area contributed by atoms with Gasteiger partial charge in [0, 0.05) is 17.7 Å². The van der Waals surface area contributed by atoms with Crippen LogP contribution in [0.1, 0.15) is 17.5 Å². The number of halogens is 1. The van der Waals surface area contributed by atoms with E-state index in [1.54, 1.807) is 16.9 Å². The first-order valence-electron chi connectivity index (χ1n) is 8.15. The maximum atomic E-state index is 13.0. The molecule has 1 unspecified atom stereocenters. The molecule has 1 atom stereocenters. The Bertz CT molecular complexity index is 1090. The van der Waals surface area contributed by atoms with E-state index in [4.69, 9.17) is 11.6 Å². The van der Waals surface area contributed by atoms with Crippen molar-refractivity contribution in [2.45, 2.75) is 11.8 Å². The van der Waals surface area contributed by atoms with E-state index in [9.17, 15) is 9.59 Å². The fraction of sp³-hybridized carbons (Fsp3) is 0.105. The first kappa shape index (κ1) is 15.2. The van der Waals surface area contributed by atoms with Gasteiger partial charge in [-0.1, -0.05) is 41.9 Å². The number of carbonyl (C=O) groups is 2. The number of aromatic nitrogens is 2. The van der Waals surface area contributed by atoms with Crippen LogP contribution in [-0.4, -0.2) is 21.6 Å². The Morgan fingerprint density at radius 1 is 1.00 bits per heavy atom. The molecule has 1 spiro atoms. The summed E-state index contributed by atoms with van der Waals surface area (Å²) >= 11 is 6.30. The van der Waals surface area contributed by atoms with Gasteiger partial charge in [-0.25, -0.2) is 4.68 Å². The number of nitrogens with one attached hydrogen (secondary N) is 2. The van der Waals surface area contributed by atoms with Gasteiger partial charge < -0.3 is 10.6 Å². The summed E-state index contributed by atoms with van der Waals surface area (Å²) in [6.45, 7) is 0. The van der Waals surface area contributed by atoms with Crippen molar-refractivity contribution < 1.29 is 9.59 Å². The Hall–Kier alpha value is -3.12. The smallest absolute Gasteiger partial charge is 0.240 e. The predicted octanol–water partition coefficient (Wildman–Crippen LogP) is 3.11. The Kier molecular flexibility index (Phi) is 3.02. The largest absolute Gasteiger partial charge is 0.325 e. The normalized spacial score (nSPS) is 20.5. The lowest BCUT2D eigenvalue weighted by Gasteiger charge is -2.31. The number of benzene rings is 2. The molecule has 0 aliphatic carbocycles. The van der Waals surface area contributed by atoms with Crippen molar-refractivity contribution in [2.75, 3.05) is 10.6 Å². The maximum absolute atomic E-state index is 13.0. The first-order chi connectivity index (χ1) is 12.6. The Labute approximate surface area is 153 Å². The van der Waals surface area contributed by atoms with Crippen molar-refractivity contribution in [1.82, 2.24) is 9.78 Å². The Morgan fingerprint density at radius 2 is 1.77 bits per heavy atom. The van der Waals surface area contributed by atoms with Crippen molar-refractivity contribution in [1.29, 1.82) is 0 Å². The Morgan fingerprint density at radius 3 is 2.62 bits per heavy atom. The van der Waals surface area contributed by atoms with E-state index in [1.807, 2.05) is 42.5 Å². The van der Waals surface area contributed by atoms with Gasteiger partial charge in [-0.05, 0) is 23.8 Å². The van der Waals surface area contributed by atoms with Gasteiger partial charge in [-0.3, -0.25) is 9.59 Å². The number of anilines is 2. The van der Waals surface area contributed by atoms with Crippen molar-refractivity contribution in [3.8, 4) is 5.69 Å². The molecule has 2 N–H and O–H groups in total. The third-order valence-electron chi connectivity index (χ3n) is 5.02. The van der Waals surface area contributed by atoms with Crippen LogP contribution in [0, 0.1) is 0 Å². The summed E-state index contributed by atoms with van der Waals surface area (Å²) in [5, 5.41) is 10.7. The van der Waals surface area contributed by atoms with Crippen molar-refractivity contribution in [2.24, 2.45) is 0 Å². The summed E-state index contributed by atoms with van der Waals surface area (Å²) in [6.07, 6.45) is 1.68. The molecule has 2 aliphatic heterocycles. The quantitative estimate of drug-likeness (QED) is 0.696. The summed E-state index contributed by atoms with van der Waals surface area (Å²) in [6, 6.07) is 14.7. The van der Waals surface area contributed by atoms with E-state index < -0.39 is 5.41 Å². The molecule has 3 aromatic rings. The fourth-order valence-corrected chi connectivity index (χ4v) is 4.07. The lowest BCUT2D eigenvalue weighted by atomic mass is 9.72. The van der Waals surface area contributed by atoms with Crippen LogP contribution < -0.4 is 10.6 Å². The second kappa shape index (κ2) is 5.19. The van der Waals surface area contributed by atoms with E-state index in [0.29, 0.717) is 22.1 Å². The second-order valence-corrected chi connectivity index (χ2v) is 6.81. The van der Waals surface area contributed by atoms with Crippen LogP contribution >= 0.6 is 11.6 Å². The number of rotatable bonds is 1. The highest BCUT2D eigenvalue weighted by Crippen LogP contribution is 2.50. The predicted molar refractivity (Wildman–Crippen MR) is 97.7 cm³/mol. The number of fused-ring (bicyclic) bond motifs is 4. The standard InChI is InChI=1S/C19H13ClN4O2/c20-13-6-2-4-8-15(13)24-17-12(10-21-24)19(9-16(25)23-17)11-5-1-3-7-14(11)22-18(19)26/h1-8,10H,9H2,(H,22,26)(H,23,25). The molecule has 0 saturated heterocycles. The summed E-state index contributed by atoms with van der Waals surface area (Å²) in [5.41, 5.74) is 1.75. The van der Waals surface area contributed by atoms with E-state index in [0.717, 1.165) is 11.3 Å². The zero-order valence-corrected chi connectivity index (χ0v) is 14.2. The zero-order chi connectivity index (χ0) is 17.9. The molecule has 6 nitrogen and oxygen atoms in total. The van der Waals surface area contributed by atoms with Crippen LogP contribution in [0.3, 0.4) is 0 Å². The summed E-state index contributed by atoms with van der Waals surface area (Å²) in [4.78, 5) is 25.5. The summed E-state index contributed by atoms with van der Waals surface area (Å²) in [7, 11) is 0. The topological polar surface area (TPSA) is 76.0 Å². The third-order valence-corrected chi connectivity index (χ3v) is 5.34. The third kappa shape index (κ3) is 1.84. The lowest BCUT2D eigenvalue weighted by molar-refractivity contribution is -0.125. The minimum Gasteiger partial charge on any atom is -0.325 e. The molecule has 1 aromatic heterocycles. The SMILES string of the molecule is O=C1CC2(C(=O)Nc3ccccc32)c2cnn(-c3ccccc3Cl)c2N1. The van der Waals surface area contributed by atoms with Crippen molar-refractivity contribution in [3.05, 3.63) is 70.9 Å². The number of para-hydroxylation sites is 2. The molecule has 26 heavy (non-hydrogen) atoms. The van der Waals surface area contributed by atoms with Gasteiger partial charge in [-0.2, -0.15) is 5.10 Å². The number of hydrogen-bond donors (Lipinski definition) is 2. The van der Waals surface area contributed by atoms with Gasteiger partial charge in [0.05, 0.1) is 16.9 Å². The van der Waals surface area contributed by atoms with Gasteiger partial charge >= 0.3 is 0 Å². The van der Waals surface area contributed by atoms with Crippen LogP contribution in [0.4, 0.5) is 11.5 Å². The Balaban J connectivity index is 1.79. The van der Waals surface area contributed by atoms with Gasteiger partial charge in [0.2, 0.25) is 11.8 Å². The molecule has 2 aromatic carbocycles. The molecule has 3 heterocycles. The van der Waals surface area contributed by atoms with E-state index in [2.05, 4.69) is 15.7 Å². The van der Waals surface area contributed by atoms with Gasteiger partial charge in [0.1, 0.15) is 11.2 Å². The van der Waals surface area contributed by atoms with Gasteiger partial charge in [-0.15, -0.1) is 0 Å². The molecular formula is C19H13ClN4O2. The molecule has 7 heteroatoms. The molecule has 0 bridgehead atoms. The first-order valence-corrected chi connectivity index (χ1v) is 8.53. The molecule has 5 rings (SSSR count). The highest BCUT2D eigenvalue weighted by atomic mass is 35.5. The molecule has 2 amide bonds. The van der Waals surface area contributed by atoms with Crippen LogP contribution in [0.2, 0.25) is 5.02 Å². The van der Waals surface area contributed by atoms with E-state index in [-0.39, 0.29) is 18.2 Å². The number of amides is 2. The average Bonchev–Trinajstić information content (AvgIpc) is 3.16. The minimum absolute atomic E-state index is 0.0388. The highest BCUT2D eigenvalue weighted by Gasteiger charge is 2.54. The molecule has 0 saturated carbocycles. The van der Waals surface area contributed by atoms with E-state index >= 15 is 0 Å². The monoisotopic (exact) mass is 364 g/mol. The molecular weight excluding hydrogens is 352 g/mol. The summed E-state index contributed by atoms with van der Waals surface area (Å²) < 4.78 is 1.57. The van der Waals surface area contributed by atoms with Gasteiger partial charge in [0.25, 0.3) is 0 Å². The minimum atomic E-state index is -1.08. The molecule has 2 aliphatic rings. The van der Waals surface area contributed by atoms with Gasteiger partial charge in [0.15, 0.2) is 0 Å². The molecule has 0 radical (unpaired) electrons. The number of hydrogen-bond acceptors (Lipinski definition) is 3. The van der Waals surface area contributed by atoms with Crippen molar-refractivity contribution >= 4 is 34.9 Å². The number of carbonyl (C=O) groups excluding carboxylic acids is 2. The fourth-order valence-electron chi connectivity index (χ4n) is 3.86. The lowest BCUT2D eigenvalue weighted by Crippen LogP contribution is -2.43. The molecule has 0 fully saturated rings. The summed E-state index contributed by atoms with van der Waals surface area (Å²) in [5.74, 6) is 0.0212. The highest BCUT2D eigenvalue weighted by molar-refractivity contribution is 6.32. The molecule has 128 valence electrons. The number of nitrogens with zero attached hydrogens (tertiary/aromatic N) is 2. The van der Waals surface area contributed by atoms with Crippen LogP contribution in [0.5, 0.6) is 0 Å². The second-order valence-electron chi connectivity index (χ2n) is 6.40.